The van der Waals surface area contributed by atoms with Crippen LogP contribution in [0, 0.1) is 11.3 Å². The van der Waals surface area contributed by atoms with Gasteiger partial charge in [0.2, 0.25) is 0 Å². The summed E-state index contributed by atoms with van der Waals surface area (Å²) in [6, 6.07) is 1.83. The molecule has 0 unspecified atom stereocenters. The van der Waals surface area contributed by atoms with Crippen molar-refractivity contribution in [3.63, 3.8) is 0 Å². The Bertz CT molecular complexity index is 352. The van der Waals surface area contributed by atoms with Gasteiger partial charge in [-0.3, -0.25) is 9.36 Å². The third-order valence-corrected chi connectivity index (χ3v) is 1.37. The first kappa shape index (κ1) is 7.76. The Balaban J connectivity index is 3.20. The predicted molar refractivity (Wildman–Crippen MR) is 39.1 cm³/mol. The maximum atomic E-state index is 11.0. The Morgan fingerprint density at radius 3 is 3.18 bits per heavy atom. The molecule has 0 N–H and O–H groups in total. The highest BCUT2D eigenvalue weighted by Crippen LogP contribution is 1.92. The van der Waals surface area contributed by atoms with Crippen LogP contribution in [0.25, 0.3) is 0 Å². The first-order chi connectivity index (χ1) is 5.25. The van der Waals surface area contributed by atoms with Crippen LogP contribution in [0.3, 0.4) is 0 Å². The molecular weight excluding hydrogens is 166 g/mol. The van der Waals surface area contributed by atoms with Crippen LogP contribution in [0.2, 0.25) is 5.15 Å². The molecule has 0 saturated heterocycles. The van der Waals surface area contributed by atoms with E-state index in [1.54, 1.807) is 0 Å². The lowest BCUT2D eigenvalue weighted by Crippen LogP contribution is -2.19. The van der Waals surface area contributed by atoms with Crippen molar-refractivity contribution in [2.75, 3.05) is 0 Å². The van der Waals surface area contributed by atoms with E-state index < -0.39 is 5.56 Å². The normalized spacial score (nSPS) is 9.09. The molecule has 4 nitrogen and oxygen atoms in total. The molecule has 0 radical (unpaired) electrons. The summed E-state index contributed by atoms with van der Waals surface area (Å²) in [5, 5.41) is 8.15. The molecule has 0 saturated carbocycles. The molecule has 5 heteroatoms. The number of hydrogen-bond donors (Lipinski definition) is 0. The molecule has 0 aliphatic rings. The lowest BCUT2D eigenvalue weighted by Gasteiger charge is -1.96. The second kappa shape index (κ2) is 3.17. The lowest BCUT2D eigenvalue weighted by molar-refractivity contribution is 0.775. The van der Waals surface area contributed by atoms with Gasteiger partial charge in [-0.25, -0.2) is 4.98 Å². The van der Waals surface area contributed by atoms with Gasteiger partial charge in [-0.2, -0.15) is 5.26 Å². The van der Waals surface area contributed by atoms with E-state index in [9.17, 15) is 4.79 Å². The SMILES string of the molecule is N#CCn1ccnc(Cl)c1=O. The van der Waals surface area contributed by atoms with Crippen molar-refractivity contribution in [1.29, 1.82) is 5.26 Å². The first-order valence-electron chi connectivity index (χ1n) is 2.83. The summed E-state index contributed by atoms with van der Waals surface area (Å²) in [6.07, 6.45) is 2.79. The molecule has 0 aromatic carbocycles. The number of halogens is 1. The summed E-state index contributed by atoms with van der Waals surface area (Å²) < 4.78 is 1.19. The van der Waals surface area contributed by atoms with E-state index >= 15 is 0 Å². The van der Waals surface area contributed by atoms with Gasteiger partial charge < -0.3 is 0 Å². The Morgan fingerprint density at radius 2 is 2.55 bits per heavy atom. The molecule has 1 aromatic heterocycles. The van der Waals surface area contributed by atoms with Crippen LogP contribution in [0.15, 0.2) is 17.2 Å². The van der Waals surface area contributed by atoms with Crippen molar-refractivity contribution in [3.8, 4) is 6.07 Å². The average Bonchev–Trinajstić information content (AvgIpc) is 1.99. The van der Waals surface area contributed by atoms with Crippen LogP contribution in [-0.2, 0) is 6.54 Å². The van der Waals surface area contributed by atoms with E-state index in [0.717, 1.165) is 0 Å². The third-order valence-electron chi connectivity index (χ3n) is 1.11. The van der Waals surface area contributed by atoms with Crippen LogP contribution >= 0.6 is 11.6 Å². The van der Waals surface area contributed by atoms with Gasteiger partial charge in [0.1, 0.15) is 6.54 Å². The molecule has 1 rings (SSSR count). The van der Waals surface area contributed by atoms with Gasteiger partial charge >= 0.3 is 0 Å². The van der Waals surface area contributed by atoms with Crippen molar-refractivity contribution >= 4 is 11.6 Å². The number of rotatable bonds is 1. The molecule has 1 aromatic rings. The van der Waals surface area contributed by atoms with E-state index in [1.165, 1.54) is 17.0 Å². The summed E-state index contributed by atoms with van der Waals surface area (Å²) in [7, 11) is 0. The molecule has 11 heavy (non-hydrogen) atoms. The Morgan fingerprint density at radius 1 is 1.82 bits per heavy atom. The lowest BCUT2D eigenvalue weighted by atomic mass is 10.6. The summed E-state index contributed by atoms with van der Waals surface area (Å²) in [5.41, 5.74) is -0.435. The molecule has 0 aliphatic carbocycles. The van der Waals surface area contributed by atoms with Crippen LogP contribution in [0.5, 0.6) is 0 Å². The molecule has 0 fully saturated rings. The minimum absolute atomic E-state index is 0.00106. The summed E-state index contributed by atoms with van der Waals surface area (Å²) >= 11 is 5.40. The highest BCUT2D eigenvalue weighted by molar-refractivity contribution is 6.29. The van der Waals surface area contributed by atoms with Gasteiger partial charge in [0.25, 0.3) is 5.56 Å². The topological polar surface area (TPSA) is 58.7 Å². The highest BCUT2D eigenvalue weighted by atomic mass is 35.5. The number of hydrogen-bond acceptors (Lipinski definition) is 3. The largest absolute Gasteiger partial charge is 0.298 e. The number of nitrogens with zero attached hydrogens (tertiary/aromatic N) is 3. The average molecular weight is 170 g/mol. The maximum Gasteiger partial charge on any atom is 0.289 e. The predicted octanol–water partition coefficient (Wildman–Crippen LogP) is 0.420. The zero-order valence-corrected chi connectivity index (χ0v) is 6.25. The van der Waals surface area contributed by atoms with E-state index in [2.05, 4.69) is 4.98 Å². The van der Waals surface area contributed by atoms with E-state index in [0.29, 0.717) is 0 Å². The minimum atomic E-state index is -0.435. The van der Waals surface area contributed by atoms with Crippen molar-refractivity contribution in [1.82, 2.24) is 9.55 Å². The number of nitriles is 1. The van der Waals surface area contributed by atoms with Crippen LogP contribution < -0.4 is 5.56 Å². The van der Waals surface area contributed by atoms with Crippen molar-refractivity contribution in [3.05, 3.63) is 27.9 Å². The summed E-state index contributed by atoms with van der Waals surface area (Å²) in [4.78, 5) is 14.5. The number of aromatic nitrogens is 2. The fraction of sp³-hybridized carbons (Fsp3) is 0.167. The van der Waals surface area contributed by atoms with E-state index in [1.807, 2.05) is 6.07 Å². The van der Waals surface area contributed by atoms with Crippen LogP contribution in [0.1, 0.15) is 0 Å². The van der Waals surface area contributed by atoms with Gasteiger partial charge in [-0.15, -0.1) is 0 Å². The second-order valence-corrected chi connectivity index (χ2v) is 2.17. The second-order valence-electron chi connectivity index (χ2n) is 1.81. The van der Waals surface area contributed by atoms with Crippen molar-refractivity contribution in [2.24, 2.45) is 0 Å². The van der Waals surface area contributed by atoms with E-state index in [4.69, 9.17) is 16.9 Å². The first-order valence-corrected chi connectivity index (χ1v) is 3.21. The summed E-state index contributed by atoms with van der Waals surface area (Å²) in [5.74, 6) is 0. The minimum Gasteiger partial charge on any atom is -0.298 e. The molecule has 0 spiro atoms. The fourth-order valence-corrected chi connectivity index (χ4v) is 0.786. The molecular formula is C6H4ClN3O. The molecule has 0 amide bonds. The Hall–Kier alpha value is -1.34. The zero-order chi connectivity index (χ0) is 8.27. The monoisotopic (exact) mass is 169 g/mol. The van der Waals surface area contributed by atoms with E-state index in [-0.39, 0.29) is 11.7 Å². The quantitative estimate of drug-likeness (QED) is 0.612. The van der Waals surface area contributed by atoms with Crippen LogP contribution in [-0.4, -0.2) is 9.55 Å². The standard InChI is InChI=1S/C6H4ClN3O/c7-5-6(11)10(3-1-8)4-2-9-5/h2,4H,3H2. The zero-order valence-electron chi connectivity index (χ0n) is 5.49. The van der Waals surface area contributed by atoms with Crippen molar-refractivity contribution in [2.45, 2.75) is 6.54 Å². The van der Waals surface area contributed by atoms with Gasteiger partial charge in [0, 0.05) is 12.4 Å². The molecule has 0 atom stereocenters. The Kier molecular flexibility index (Phi) is 2.24. The molecule has 0 aliphatic heterocycles. The van der Waals surface area contributed by atoms with Gasteiger partial charge in [0.05, 0.1) is 6.07 Å². The fourth-order valence-electron chi connectivity index (χ4n) is 0.621. The molecule has 1 heterocycles. The molecule has 56 valence electrons. The van der Waals surface area contributed by atoms with Crippen LogP contribution in [0.4, 0.5) is 0 Å². The van der Waals surface area contributed by atoms with Crippen molar-refractivity contribution < 1.29 is 0 Å². The molecule has 0 bridgehead atoms. The maximum absolute atomic E-state index is 11.0. The smallest absolute Gasteiger partial charge is 0.289 e. The van der Waals surface area contributed by atoms with Gasteiger partial charge in [0.15, 0.2) is 5.15 Å². The Labute approximate surface area is 67.7 Å². The van der Waals surface area contributed by atoms with Gasteiger partial charge in [-0.05, 0) is 0 Å². The van der Waals surface area contributed by atoms with Gasteiger partial charge in [-0.1, -0.05) is 11.6 Å². The highest BCUT2D eigenvalue weighted by Gasteiger charge is 1.98. The third kappa shape index (κ3) is 1.57. The summed E-state index contributed by atoms with van der Waals surface area (Å²) in [6.45, 7) is 0.00106.